The van der Waals surface area contributed by atoms with E-state index < -0.39 is 28.1 Å². The second kappa shape index (κ2) is 13.6. The Hall–Kier alpha value is -3.60. The molecule has 1 aliphatic rings. The maximum atomic E-state index is 13.6. The molecule has 4 N–H and O–H groups in total. The summed E-state index contributed by atoms with van der Waals surface area (Å²) >= 11 is 0. The number of benzene rings is 2. The lowest BCUT2D eigenvalue weighted by Crippen LogP contribution is -2.48. The quantitative estimate of drug-likeness (QED) is 0.248. The minimum absolute atomic E-state index is 0.0885. The first-order valence-electron chi connectivity index (χ1n) is 13.6. The van der Waals surface area contributed by atoms with Gasteiger partial charge in [-0.3, -0.25) is 9.10 Å². The van der Waals surface area contributed by atoms with Gasteiger partial charge in [0.1, 0.15) is 5.76 Å². The largest absolute Gasteiger partial charge is 0.467 e. The topological polar surface area (TPSA) is 124 Å². The molecule has 1 saturated heterocycles. The molecule has 10 heteroatoms. The van der Waals surface area contributed by atoms with Crippen LogP contribution in [-0.2, 0) is 23.0 Å². The van der Waals surface area contributed by atoms with Gasteiger partial charge in [0, 0.05) is 36.4 Å². The molecule has 0 radical (unpaired) electrons. The van der Waals surface area contributed by atoms with E-state index in [9.17, 15) is 18.3 Å². The molecule has 9 nitrogen and oxygen atoms in total. The highest BCUT2D eigenvalue weighted by atomic mass is 32.2. The van der Waals surface area contributed by atoms with Crippen LogP contribution >= 0.6 is 0 Å². The SMILES string of the molecule is C=Cc1coc(CNC[C@@H](O)[C@H](Cc2ccccc2)NC(=O)c2cc(NCC)cc(N3CCCCS3(=O)=O)c2)c1. The third-order valence-electron chi connectivity index (χ3n) is 6.84. The lowest BCUT2D eigenvalue weighted by Gasteiger charge is -2.29. The van der Waals surface area contributed by atoms with Crippen molar-refractivity contribution >= 4 is 33.4 Å². The van der Waals surface area contributed by atoms with Gasteiger partial charge in [-0.05, 0) is 56.0 Å². The number of anilines is 2. The van der Waals surface area contributed by atoms with Crippen LogP contribution in [0.1, 0.15) is 47.0 Å². The highest BCUT2D eigenvalue weighted by Crippen LogP contribution is 2.28. The van der Waals surface area contributed by atoms with Gasteiger partial charge >= 0.3 is 0 Å². The number of hydrogen-bond acceptors (Lipinski definition) is 7. The Morgan fingerprint density at radius 1 is 1.18 bits per heavy atom. The summed E-state index contributed by atoms with van der Waals surface area (Å²) in [6.07, 6.45) is 4.21. The minimum Gasteiger partial charge on any atom is -0.467 e. The Labute approximate surface area is 236 Å². The zero-order valence-corrected chi connectivity index (χ0v) is 23.6. The van der Waals surface area contributed by atoms with Crippen molar-refractivity contribution in [3.63, 3.8) is 0 Å². The van der Waals surface area contributed by atoms with Gasteiger partial charge in [-0.25, -0.2) is 8.42 Å². The first kappa shape index (κ1) is 29.4. The second-order valence-electron chi connectivity index (χ2n) is 9.91. The Morgan fingerprint density at radius 3 is 2.67 bits per heavy atom. The van der Waals surface area contributed by atoms with Gasteiger partial charge in [-0.1, -0.05) is 43.0 Å². The molecule has 0 unspecified atom stereocenters. The highest BCUT2D eigenvalue weighted by Gasteiger charge is 2.28. The maximum absolute atomic E-state index is 13.6. The molecular weight excluding hydrogens is 528 g/mol. The minimum atomic E-state index is -3.45. The van der Waals surface area contributed by atoms with Crippen molar-refractivity contribution in [2.24, 2.45) is 0 Å². The van der Waals surface area contributed by atoms with Crippen LogP contribution in [0.3, 0.4) is 0 Å². The van der Waals surface area contributed by atoms with E-state index in [1.54, 1.807) is 30.5 Å². The Morgan fingerprint density at radius 2 is 1.98 bits per heavy atom. The lowest BCUT2D eigenvalue weighted by molar-refractivity contribution is 0.0829. The monoisotopic (exact) mass is 566 g/mol. The summed E-state index contributed by atoms with van der Waals surface area (Å²) in [4.78, 5) is 13.6. The van der Waals surface area contributed by atoms with Crippen molar-refractivity contribution < 1.29 is 22.7 Å². The molecule has 0 bridgehead atoms. The van der Waals surface area contributed by atoms with Gasteiger partial charge in [0.2, 0.25) is 10.0 Å². The van der Waals surface area contributed by atoms with Crippen LogP contribution in [0, 0.1) is 0 Å². The molecule has 0 aliphatic carbocycles. The van der Waals surface area contributed by atoms with Crippen LogP contribution in [-0.4, -0.2) is 57.0 Å². The molecule has 2 aromatic carbocycles. The molecule has 3 aromatic rings. The van der Waals surface area contributed by atoms with Crippen molar-refractivity contribution in [2.45, 2.75) is 44.9 Å². The molecule has 214 valence electrons. The summed E-state index contributed by atoms with van der Waals surface area (Å²) in [5.41, 5.74) is 3.28. The maximum Gasteiger partial charge on any atom is 0.251 e. The fourth-order valence-electron chi connectivity index (χ4n) is 4.76. The lowest BCUT2D eigenvalue weighted by atomic mass is 10.00. The van der Waals surface area contributed by atoms with E-state index in [0.29, 0.717) is 55.2 Å². The number of carbonyl (C=O) groups is 1. The summed E-state index contributed by atoms with van der Waals surface area (Å²) in [6, 6.07) is 16.0. The predicted molar refractivity (Wildman–Crippen MR) is 159 cm³/mol. The first-order valence-corrected chi connectivity index (χ1v) is 15.2. The number of rotatable bonds is 13. The molecule has 1 aromatic heterocycles. The van der Waals surface area contributed by atoms with Crippen LogP contribution < -0.4 is 20.3 Å². The summed E-state index contributed by atoms with van der Waals surface area (Å²) < 4.78 is 32.4. The van der Waals surface area contributed by atoms with E-state index in [1.165, 1.54) is 4.31 Å². The van der Waals surface area contributed by atoms with Crippen LogP contribution in [0.2, 0.25) is 0 Å². The summed E-state index contributed by atoms with van der Waals surface area (Å²) in [7, 11) is -3.45. The third kappa shape index (κ3) is 7.74. The molecule has 0 spiro atoms. The number of aliphatic hydroxyl groups excluding tert-OH is 1. The standard InChI is InChI=1S/C30H38N4O5S/c1-3-22-14-27(39-21-22)19-31-20-29(35)28(15-23-10-6-5-7-11-23)33-30(36)24-16-25(32-4-2)18-26(17-24)34-12-8-9-13-40(34,37)38/h3,5-7,10-11,14,16-18,21,28-29,31-32,35H,1,4,8-9,12-13,15,19-20H2,2H3,(H,33,36)/t28-,29+/m0/s1. The molecule has 1 amide bonds. The normalized spacial score (nSPS) is 16.2. The highest BCUT2D eigenvalue weighted by molar-refractivity contribution is 7.92. The van der Waals surface area contributed by atoms with Crippen molar-refractivity contribution in [1.29, 1.82) is 0 Å². The Kier molecular flexibility index (Phi) is 10.0. The van der Waals surface area contributed by atoms with E-state index in [-0.39, 0.29) is 12.3 Å². The van der Waals surface area contributed by atoms with Gasteiger partial charge in [0.25, 0.3) is 5.91 Å². The molecule has 1 aliphatic heterocycles. The van der Waals surface area contributed by atoms with Gasteiger partial charge < -0.3 is 25.5 Å². The van der Waals surface area contributed by atoms with E-state index in [4.69, 9.17) is 4.42 Å². The average molecular weight is 567 g/mol. The number of nitrogens with one attached hydrogen (secondary N) is 3. The first-order chi connectivity index (χ1) is 19.3. The fraction of sp³-hybridized carbons (Fsp3) is 0.367. The zero-order chi connectivity index (χ0) is 28.5. The number of furan rings is 1. The molecule has 0 saturated carbocycles. The summed E-state index contributed by atoms with van der Waals surface area (Å²) in [5, 5.41) is 20.5. The second-order valence-corrected chi connectivity index (χ2v) is 11.9. The molecule has 1 fully saturated rings. The predicted octanol–water partition coefficient (Wildman–Crippen LogP) is 3.78. The van der Waals surface area contributed by atoms with E-state index in [2.05, 4.69) is 22.5 Å². The van der Waals surface area contributed by atoms with Gasteiger partial charge in [-0.2, -0.15) is 0 Å². The number of aliphatic hydroxyl groups is 1. The van der Waals surface area contributed by atoms with Crippen molar-refractivity contribution in [2.75, 3.05) is 35.0 Å². The molecular formula is C30H38N4O5S. The molecule has 2 atom stereocenters. The number of nitrogens with zero attached hydrogens (tertiary/aromatic N) is 1. The van der Waals surface area contributed by atoms with Gasteiger partial charge in [-0.15, -0.1) is 0 Å². The smallest absolute Gasteiger partial charge is 0.251 e. The molecule has 40 heavy (non-hydrogen) atoms. The number of amides is 1. The van der Waals surface area contributed by atoms with Crippen LogP contribution in [0.15, 0.2) is 71.9 Å². The van der Waals surface area contributed by atoms with Crippen LogP contribution in [0.25, 0.3) is 6.08 Å². The van der Waals surface area contributed by atoms with Crippen LogP contribution in [0.5, 0.6) is 0 Å². The Bertz CT molecular complexity index is 1390. The third-order valence-corrected chi connectivity index (χ3v) is 8.71. The molecule has 4 rings (SSSR count). The van der Waals surface area contributed by atoms with E-state index in [0.717, 1.165) is 17.5 Å². The number of carbonyl (C=O) groups excluding carboxylic acids is 1. The van der Waals surface area contributed by atoms with Crippen molar-refractivity contribution in [1.82, 2.24) is 10.6 Å². The molecule has 2 heterocycles. The van der Waals surface area contributed by atoms with Gasteiger partial charge in [0.05, 0.1) is 36.4 Å². The Balaban J connectivity index is 1.53. The number of sulfonamides is 1. The van der Waals surface area contributed by atoms with Crippen LogP contribution in [0.4, 0.5) is 11.4 Å². The zero-order valence-electron chi connectivity index (χ0n) is 22.8. The number of hydrogen-bond donors (Lipinski definition) is 4. The van der Waals surface area contributed by atoms with Crippen molar-refractivity contribution in [3.05, 3.63) is 89.9 Å². The van der Waals surface area contributed by atoms with Gasteiger partial charge in [0.15, 0.2) is 0 Å². The fourth-order valence-corrected chi connectivity index (χ4v) is 6.38. The van der Waals surface area contributed by atoms with Crippen molar-refractivity contribution in [3.8, 4) is 0 Å². The summed E-state index contributed by atoms with van der Waals surface area (Å²) in [5.74, 6) is 0.411. The van der Waals surface area contributed by atoms with E-state index in [1.807, 2.05) is 43.3 Å². The average Bonchev–Trinajstić information content (AvgIpc) is 3.41. The van der Waals surface area contributed by atoms with E-state index >= 15 is 0 Å². The summed E-state index contributed by atoms with van der Waals surface area (Å²) in [6.45, 7) is 7.28.